The first-order valence-corrected chi connectivity index (χ1v) is 6.61. The first-order chi connectivity index (χ1) is 10.3. The molecule has 0 saturated carbocycles. The zero-order valence-corrected chi connectivity index (χ0v) is 11.5. The van der Waals surface area contributed by atoms with Crippen LogP contribution in [-0.4, -0.2) is 41.1 Å². The number of aliphatic carboxylic acids is 1. The van der Waals surface area contributed by atoms with Crippen molar-refractivity contribution in [3.8, 4) is 5.75 Å². The van der Waals surface area contributed by atoms with Gasteiger partial charge in [-0.15, -0.1) is 0 Å². The van der Waals surface area contributed by atoms with Crippen LogP contribution in [0.2, 0.25) is 0 Å². The molecule has 1 heterocycles. The van der Waals surface area contributed by atoms with Crippen molar-refractivity contribution in [3.63, 3.8) is 0 Å². The Morgan fingerprint density at radius 3 is 2.45 bits per heavy atom. The third-order valence-corrected chi connectivity index (χ3v) is 3.40. The van der Waals surface area contributed by atoms with Crippen molar-refractivity contribution in [2.75, 3.05) is 13.2 Å². The van der Waals surface area contributed by atoms with Gasteiger partial charge in [-0.2, -0.15) is 13.2 Å². The summed E-state index contributed by atoms with van der Waals surface area (Å²) in [7, 11) is 0. The summed E-state index contributed by atoms with van der Waals surface area (Å²) >= 11 is 0. The van der Waals surface area contributed by atoms with Crippen LogP contribution in [0.15, 0.2) is 24.3 Å². The molecule has 1 aromatic carbocycles. The molecule has 1 saturated heterocycles. The molecule has 1 atom stereocenters. The molecule has 0 bridgehead atoms. The fourth-order valence-corrected chi connectivity index (χ4v) is 2.29. The molecular formula is C14H14F3NO4. The average Bonchev–Trinajstić information content (AvgIpc) is 2.94. The number of likely N-dealkylation sites (tertiary alicyclic amines) is 1. The summed E-state index contributed by atoms with van der Waals surface area (Å²) in [5.41, 5.74) is -0.809. The van der Waals surface area contributed by atoms with Crippen molar-refractivity contribution in [2.24, 2.45) is 0 Å². The number of hydrogen-bond donors (Lipinski definition) is 1. The van der Waals surface area contributed by atoms with Crippen LogP contribution in [-0.2, 0) is 15.8 Å². The third kappa shape index (κ3) is 3.69. The van der Waals surface area contributed by atoms with Gasteiger partial charge in [0.25, 0.3) is 5.91 Å². The van der Waals surface area contributed by atoms with Crippen molar-refractivity contribution in [2.45, 2.75) is 25.1 Å². The Bertz CT molecular complexity index is 556. The Kier molecular flexibility index (Phi) is 4.58. The van der Waals surface area contributed by atoms with Crippen molar-refractivity contribution in [1.82, 2.24) is 4.90 Å². The lowest BCUT2D eigenvalue weighted by atomic mass is 10.2. The number of carbonyl (C=O) groups is 2. The van der Waals surface area contributed by atoms with E-state index >= 15 is 0 Å². The maximum atomic E-state index is 12.4. The van der Waals surface area contributed by atoms with Crippen LogP contribution in [0.3, 0.4) is 0 Å². The summed E-state index contributed by atoms with van der Waals surface area (Å²) in [4.78, 5) is 24.1. The molecule has 1 aliphatic heterocycles. The number of ether oxygens (including phenoxy) is 1. The largest absolute Gasteiger partial charge is 0.484 e. The molecular weight excluding hydrogens is 303 g/mol. The Balaban J connectivity index is 1.92. The zero-order valence-electron chi connectivity index (χ0n) is 11.5. The number of benzene rings is 1. The fourth-order valence-electron chi connectivity index (χ4n) is 2.29. The molecule has 1 aliphatic rings. The smallest absolute Gasteiger partial charge is 0.416 e. The van der Waals surface area contributed by atoms with Crippen molar-refractivity contribution in [1.29, 1.82) is 0 Å². The average molecular weight is 317 g/mol. The molecule has 2 rings (SSSR count). The number of rotatable bonds is 4. The molecule has 1 amide bonds. The van der Waals surface area contributed by atoms with Crippen LogP contribution in [0.5, 0.6) is 5.75 Å². The lowest BCUT2D eigenvalue weighted by Gasteiger charge is -2.21. The Morgan fingerprint density at radius 2 is 1.91 bits per heavy atom. The van der Waals surface area contributed by atoms with Gasteiger partial charge in [0.05, 0.1) is 5.56 Å². The van der Waals surface area contributed by atoms with Gasteiger partial charge in [0.2, 0.25) is 0 Å². The molecule has 1 aromatic rings. The van der Waals surface area contributed by atoms with E-state index in [1.165, 1.54) is 4.90 Å². The van der Waals surface area contributed by atoms with Crippen molar-refractivity contribution >= 4 is 11.9 Å². The van der Waals surface area contributed by atoms with Gasteiger partial charge < -0.3 is 14.7 Å². The minimum absolute atomic E-state index is 0.118. The van der Waals surface area contributed by atoms with Crippen LogP contribution in [0, 0.1) is 0 Å². The first-order valence-electron chi connectivity index (χ1n) is 6.61. The lowest BCUT2D eigenvalue weighted by Crippen LogP contribution is -2.42. The highest BCUT2D eigenvalue weighted by Crippen LogP contribution is 2.30. The second kappa shape index (κ2) is 6.25. The predicted molar refractivity (Wildman–Crippen MR) is 69.3 cm³/mol. The SMILES string of the molecule is O=C(O)C1CCCN1C(=O)COc1ccc(C(F)(F)F)cc1. The second-order valence-corrected chi connectivity index (χ2v) is 4.89. The van der Waals surface area contributed by atoms with E-state index < -0.39 is 36.3 Å². The molecule has 1 unspecified atom stereocenters. The summed E-state index contributed by atoms with van der Waals surface area (Å²) in [5.74, 6) is -1.45. The maximum Gasteiger partial charge on any atom is 0.416 e. The number of carboxylic acids is 1. The van der Waals surface area contributed by atoms with E-state index in [1.807, 2.05) is 0 Å². The number of amides is 1. The van der Waals surface area contributed by atoms with Crippen LogP contribution >= 0.6 is 0 Å². The molecule has 0 spiro atoms. The highest BCUT2D eigenvalue weighted by atomic mass is 19.4. The van der Waals surface area contributed by atoms with Crippen LogP contribution < -0.4 is 4.74 Å². The summed E-state index contributed by atoms with van der Waals surface area (Å²) in [5, 5.41) is 8.98. The number of hydrogen-bond acceptors (Lipinski definition) is 3. The molecule has 0 radical (unpaired) electrons. The second-order valence-electron chi connectivity index (χ2n) is 4.89. The highest BCUT2D eigenvalue weighted by molar-refractivity contribution is 5.85. The van der Waals surface area contributed by atoms with E-state index in [0.717, 1.165) is 24.3 Å². The minimum atomic E-state index is -4.43. The minimum Gasteiger partial charge on any atom is -0.484 e. The van der Waals surface area contributed by atoms with Gasteiger partial charge in [0.15, 0.2) is 6.61 Å². The van der Waals surface area contributed by atoms with E-state index in [-0.39, 0.29) is 5.75 Å². The molecule has 5 nitrogen and oxygen atoms in total. The molecule has 120 valence electrons. The summed E-state index contributed by atoms with van der Waals surface area (Å²) in [6, 6.07) is 3.10. The number of halogens is 3. The van der Waals surface area contributed by atoms with Crippen LogP contribution in [0.25, 0.3) is 0 Å². The summed E-state index contributed by atoms with van der Waals surface area (Å²) in [6.45, 7) is -0.0681. The molecule has 0 aromatic heterocycles. The Labute approximate surface area is 124 Å². The number of carbonyl (C=O) groups excluding carboxylic acids is 1. The van der Waals surface area contributed by atoms with Crippen molar-refractivity contribution < 1.29 is 32.6 Å². The summed E-state index contributed by atoms with van der Waals surface area (Å²) in [6.07, 6.45) is -3.44. The lowest BCUT2D eigenvalue weighted by molar-refractivity contribution is -0.148. The summed E-state index contributed by atoms with van der Waals surface area (Å²) < 4.78 is 42.3. The van der Waals surface area contributed by atoms with Gasteiger partial charge in [0.1, 0.15) is 11.8 Å². The van der Waals surface area contributed by atoms with Gasteiger partial charge in [-0.1, -0.05) is 0 Å². The first kappa shape index (κ1) is 16.1. The van der Waals surface area contributed by atoms with Gasteiger partial charge in [-0.25, -0.2) is 4.79 Å². The number of carboxylic acid groups (broad SMARTS) is 1. The predicted octanol–water partition coefficient (Wildman–Crippen LogP) is 2.16. The van der Waals surface area contributed by atoms with Crippen LogP contribution in [0.4, 0.5) is 13.2 Å². The topological polar surface area (TPSA) is 66.8 Å². The molecule has 22 heavy (non-hydrogen) atoms. The van der Waals surface area contributed by atoms with E-state index in [0.29, 0.717) is 19.4 Å². The van der Waals surface area contributed by atoms with E-state index in [4.69, 9.17) is 9.84 Å². The number of nitrogens with zero attached hydrogens (tertiary/aromatic N) is 1. The molecule has 8 heteroatoms. The van der Waals surface area contributed by atoms with Gasteiger partial charge in [-0.3, -0.25) is 4.79 Å². The quantitative estimate of drug-likeness (QED) is 0.924. The van der Waals surface area contributed by atoms with E-state index in [1.54, 1.807) is 0 Å². The molecule has 1 N–H and O–H groups in total. The van der Waals surface area contributed by atoms with Gasteiger partial charge in [-0.05, 0) is 37.1 Å². The van der Waals surface area contributed by atoms with Gasteiger partial charge >= 0.3 is 12.1 Å². The highest BCUT2D eigenvalue weighted by Gasteiger charge is 2.34. The van der Waals surface area contributed by atoms with E-state index in [9.17, 15) is 22.8 Å². The van der Waals surface area contributed by atoms with E-state index in [2.05, 4.69) is 0 Å². The molecule has 1 fully saturated rings. The number of alkyl halides is 3. The standard InChI is InChI=1S/C14H14F3NO4/c15-14(16,17)9-3-5-10(6-4-9)22-8-12(19)18-7-1-2-11(18)13(20)21/h3-6,11H,1-2,7-8H2,(H,20,21). The third-order valence-electron chi connectivity index (χ3n) is 3.40. The molecule has 0 aliphatic carbocycles. The normalized spacial score (nSPS) is 18.3. The Morgan fingerprint density at radius 1 is 1.27 bits per heavy atom. The Hall–Kier alpha value is -2.25. The van der Waals surface area contributed by atoms with Gasteiger partial charge in [0, 0.05) is 6.54 Å². The fraction of sp³-hybridized carbons (Fsp3) is 0.429. The van der Waals surface area contributed by atoms with Crippen LogP contribution in [0.1, 0.15) is 18.4 Å². The maximum absolute atomic E-state index is 12.4. The van der Waals surface area contributed by atoms with Crippen molar-refractivity contribution in [3.05, 3.63) is 29.8 Å². The monoisotopic (exact) mass is 317 g/mol. The zero-order chi connectivity index (χ0) is 16.3.